The first kappa shape index (κ1) is 23.9. The molecule has 8 heteroatoms. The van der Waals surface area contributed by atoms with Gasteiger partial charge >= 0.3 is 5.97 Å². The maximum absolute atomic E-state index is 13.1. The molecular weight excluding hydrogens is 428 g/mol. The zero-order valence-electron chi connectivity index (χ0n) is 18.8. The number of ether oxygens (including phenoxy) is 1. The van der Waals surface area contributed by atoms with Gasteiger partial charge in [0.05, 0.1) is 17.1 Å². The lowest BCUT2D eigenvalue weighted by atomic mass is 10.1. The van der Waals surface area contributed by atoms with Crippen molar-refractivity contribution >= 4 is 27.6 Å². The van der Waals surface area contributed by atoms with Crippen molar-refractivity contribution in [1.29, 1.82) is 0 Å². The van der Waals surface area contributed by atoms with E-state index in [2.05, 4.69) is 5.32 Å². The van der Waals surface area contributed by atoms with Crippen LogP contribution in [0, 0.1) is 13.8 Å². The third-order valence-electron chi connectivity index (χ3n) is 5.64. The lowest BCUT2D eigenvalue weighted by Crippen LogP contribution is -2.32. The molecule has 1 N–H and O–H groups in total. The number of esters is 1. The second-order valence-corrected chi connectivity index (χ2v) is 9.94. The lowest BCUT2D eigenvalue weighted by Gasteiger charge is -2.20. The Morgan fingerprint density at radius 2 is 1.66 bits per heavy atom. The van der Waals surface area contributed by atoms with Crippen LogP contribution in [0.2, 0.25) is 0 Å². The van der Waals surface area contributed by atoms with Crippen LogP contribution in [0.4, 0.5) is 5.69 Å². The van der Waals surface area contributed by atoms with Crippen LogP contribution in [0.5, 0.6) is 0 Å². The molecule has 0 saturated carbocycles. The van der Waals surface area contributed by atoms with Crippen molar-refractivity contribution < 1.29 is 22.7 Å². The summed E-state index contributed by atoms with van der Waals surface area (Å²) in [5.41, 5.74) is 2.63. The highest BCUT2D eigenvalue weighted by Gasteiger charge is 2.26. The SMILES string of the molecule is CCOC(=O)c1ccc(NC(=O)c2cc(S(=O)(=O)N3CCCCCC3)ccc2C)c(C)c1. The normalized spacial score (nSPS) is 15.1. The third-order valence-corrected chi connectivity index (χ3v) is 7.54. The smallest absolute Gasteiger partial charge is 0.338 e. The number of nitrogens with zero attached hydrogens (tertiary/aromatic N) is 1. The number of carbonyl (C=O) groups is 2. The van der Waals surface area contributed by atoms with Crippen molar-refractivity contribution in [3.05, 3.63) is 58.7 Å². The monoisotopic (exact) mass is 458 g/mol. The van der Waals surface area contributed by atoms with Gasteiger partial charge in [-0.15, -0.1) is 0 Å². The predicted molar refractivity (Wildman–Crippen MR) is 123 cm³/mol. The van der Waals surface area contributed by atoms with Crippen LogP contribution in [0.1, 0.15) is 64.4 Å². The second-order valence-electron chi connectivity index (χ2n) is 8.00. The fourth-order valence-corrected chi connectivity index (χ4v) is 5.32. The van der Waals surface area contributed by atoms with Crippen molar-refractivity contribution in [2.75, 3.05) is 25.0 Å². The summed E-state index contributed by atoms with van der Waals surface area (Å²) in [6.07, 6.45) is 3.75. The summed E-state index contributed by atoms with van der Waals surface area (Å²) in [5, 5.41) is 2.83. The van der Waals surface area contributed by atoms with Crippen LogP contribution in [-0.4, -0.2) is 44.3 Å². The number of benzene rings is 2. The fraction of sp³-hybridized carbons (Fsp3) is 0.417. The van der Waals surface area contributed by atoms with E-state index in [0.717, 1.165) is 25.7 Å². The predicted octanol–water partition coefficient (Wildman–Crippen LogP) is 4.30. The minimum absolute atomic E-state index is 0.129. The zero-order valence-corrected chi connectivity index (χ0v) is 19.6. The maximum Gasteiger partial charge on any atom is 0.338 e. The molecule has 1 saturated heterocycles. The molecule has 1 fully saturated rings. The van der Waals surface area contributed by atoms with E-state index in [4.69, 9.17) is 4.74 Å². The van der Waals surface area contributed by atoms with Crippen molar-refractivity contribution in [1.82, 2.24) is 4.31 Å². The third kappa shape index (κ3) is 5.37. The molecule has 7 nitrogen and oxygen atoms in total. The first-order valence-electron chi connectivity index (χ1n) is 10.9. The fourth-order valence-electron chi connectivity index (χ4n) is 3.77. The van der Waals surface area contributed by atoms with Crippen molar-refractivity contribution in [2.45, 2.75) is 51.3 Å². The molecule has 32 heavy (non-hydrogen) atoms. The van der Waals surface area contributed by atoms with E-state index < -0.39 is 21.9 Å². The summed E-state index contributed by atoms with van der Waals surface area (Å²) in [6.45, 7) is 6.59. The van der Waals surface area contributed by atoms with Gasteiger partial charge in [0, 0.05) is 24.3 Å². The molecule has 2 aromatic rings. The molecule has 1 aliphatic heterocycles. The number of rotatable bonds is 6. The van der Waals surface area contributed by atoms with E-state index in [1.165, 1.54) is 10.4 Å². The first-order valence-corrected chi connectivity index (χ1v) is 12.4. The molecule has 0 aromatic heterocycles. The van der Waals surface area contributed by atoms with Gasteiger partial charge in [-0.1, -0.05) is 18.9 Å². The highest BCUT2D eigenvalue weighted by molar-refractivity contribution is 7.89. The number of anilines is 1. The molecule has 0 bridgehead atoms. The van der Waals surface area contributed by atoms with Crippen molar-refractivity contribution in [2.24, 2.45) is 0 Å². The van der Waals surface area contributed by atoms with E-state index >= 15 is 0 Å². The quantitative estimate of drug-likeness (QED) is 0.652. The number of hydrogen-bond acceptors (Lipinski definition) is 5. The average Bonchev–Trinajstić information content (AvgIpc) is 3.05. The summed E-state index contributed by atoms with van der Waals surface area (Å²) in [5.74, 6) is -0.821. The molecule has 0 spiro atoms. The molecule has 172 valence electrons. The number of amides is 1. The molecule has 0 unspecified atom stereocenters. The van der Waals surface area contributed by atoms with Crippen LogP contribution >= 0.6 is 0 Å². The highest BCUT2D eigenvalue weighted by Crippen LogP contribution is 2.24. The number of sulfonamides is 1. The van der Waals surface area contributed by atoms with Crippen LogP contribution in [0.15, 0.2) is 41.3 Å². The number of aryl methyl sites for hydroxylation is 2. The average molecular weight is 459 g/mol. The van der Waals surface area contributed by atoms with E-state index in [1.54, 1.807) is 51.1 Å². The van der Waals surface area contributed by atoms with E-state index in [-0.39, 0.29) is 11.5 Å². The number of hydrogen-bond donors (Lipinski definition) is 1. The summed E-state index contributed by atoms with van der Waals surface area (Å²) in [7, 11) is -3.66. The lowest BCUT2D eigenvalue weighted by molar-refractivity contribution is 0.0526. The number of carbonyl (C=O) groups excluding carboxylic acids is 2. The Morgan fingerprint density at radius 3 is 2.28 bits per heavy atom. The Bertz CT molecular complexity index is 1100. The molecule has 2 aromatic carbocycles. The summed E-state index contributed by atoms with van der Waals surface area (Å²) >= 11 is 0. The number of nitrogens with one attached hydrogen (secondary N) is 1. The molecule has 1 amide bonds. The Kier molecular flexibility index (Phi) is 7.69. The van der Waals surface area contributed by atoms with Gasteiger partial charge in [0.2, 0.25) is 10.0 Å². The second kappa shape index (κ2) is 10.3. The molecule has 0 radical (unpaired) electrons. The van der Waals surface area contributed by atoms with Gasteiger partial charge in [0.1, 0.15) is 0 Å². The molecule has 0 aliphatic carbocycles. The van der Waals surface area contributed by atoms with Gasteiger partial charge in [-0.3, -0.25) is 4.79 Å². The minimum atomic E-state index is -3.66. The highest BCUT2D eigenvalue weighted by atomic mass is 32.2. The zero-order chi connectivity index (χ0) is 23.3. The Morgan fingerprint density at radius 1 is 0.969 bits per heavy atom. The summed E-state index contributed by atoms with van der Waals surface area (Å²) in [6, 6.07) is 9.57. The van der Waals surface area contributed by atoms with Crippen molar-refractivity contribution in [3.8, 4) is 0 Å². The van der Waals surface area contributed by atoms with Gasteiger partial charge in [-0.25, -0.2) is 13.2 Å². The van der Waals surface area contributed by atoms with E-state index in [1.807, 2.05) is 0 Å². The first-order chi connectivity index (χ1) is 15.2. The van der Waals surface area contributed by atoms with Crippen LogP contribution in [0.3, 0.4) is 0 Å². The molecule has 3 rings (SSSR count). The Hall–Kier alpha value is -2.71. The standard InChI is InChI=1S/C24H30N2O5S/c1-4-31-24(28)19-10-12-22(18(3)15-19)25-23(27)21-16-20(11-9-17(21)2)32(29,30)26-13-7-5-6-8-14-26/h9-12,15-16H,4-8,13-14H2,1-3H3,(H,25,27). The van der Waals surface area contributed by atoms with Gasteiger partial charge in [-0.2, -0.15) is 4.31 Å². The Balaban J connectivity index is 1.84. The van der Waals surface area contributed by atoms with E-state index in [9.17, 15) is 18.0 Å². The topological polar surface area (TPSA) is 92.8 Å². The van der Waals surface area contributed by atoms with E-state index in [0.29, 0.717) is 41.0 Å². The van der Waals surface area contributed by atoms with Crippen molar-refractivity contribution in [3.63, 3.8) is 0 Å². The van der Waals surface area contributed by atoms with Gasteiger partial charge in [0.25, 0.3) is 5.91 Å². The molecule has 1 aliphatic rings. The minimum Gasteiger partial charge on any atom is -0.462 e. The Labute approximate surface area is 189 Å². The van der Waals surface area contributed by atoms with Crippen LogP contribution < -0.4 is 5.32 Å². The van der Waals surface area contributed by atoms with Gasteiger partial charge in [0.15, 0.2) is 0 Å². The summed E-state index contributed by atoms with van der Waals surface area (Å²) in [4.78, 5) is 25.0. The molecule has 1 heterocycles. The van der Waals surface area contributed by atoms with Gasteiger partial charge in [-0.05, 0) is 75.1 Å². The van der Waals surface area contributed by atoms with Crippen LogP contribution in [-0.2, 0) is 14.8 Å². The molecular formula is C24H30N2O5S. The van der Waals surface area contributed by atoms with Crippen LogP contribution in [0.25, 0.3) is 0 Å². The largest absolute Gasteiger partial charge is 0.462 e. The summed E-state index contributed by atoms with van der Waals surface area (Å²) < 4.78 is 32.8. The van der Waals surface area contributed by atoms with Gasteiger partial charge < -0.3 is 10.1 Å². The molecule has 0 atom stereocenters. The maximum atomic E-state index is 13.1.